The van der Waals surface area contributed by atoms with E-state index in [-0.39, 0.29) is 6.61 Å². The molecule has 2 aromatic carbocycles. The van der Waals surface area contributed by atoms with Gasteiger partial charge in [0, 0.05) is 19.8 Å². The molecule has 0 spiro atoms. The molecular formula is C24H36Cl2N2O2. The van der Waals surface area contributed by atoms with E-state index in [1.54, 1.807) is 18.2 Å². The van der Waals surface area contributed by atoms with E-state index in [1.807, 2.05) is 0 Å². The summed E-state index contributed by atoms with van der Waals surface area (Å²) in [7, 11) is 0. The maximum absolute atomic E-state index is 8.61. The first-order chi connectivity index (χ1) is 14.6. The lowest BCUT2D eigenvalue weighted by atomic mass is 10.1. The third-order valence-electron chi connectivity index (χ3n) is 4.53. The highest BCUT2D eigenvalue weighted by molar-refractivity contribution is 6.38. The van der Waals surface area contributed by atoms with Gasteiger partial charge in [-0.3, -0.25) is 0 Å². The highest BCUT2D eigenvalue weighted by Gasteiger charge is 1.97. The molecule has 168 valence electrons. The Balaban J connectivity index is 0.000000414. The molecule has 30 heavy (non-hydrogen) atoms. The molecule has 0 unspecified atom stereocenters. The number of hydrogen-bond donors (Lipinski definition) is 3. The van der Waals surface area contributed by atoms with Crippen molar-refractivity contribution in [2.45, 2.75) is 44.9 Å². The number of aliphatic hydroxyl groups is 1. The molecule has 2 aromatic rings. The summed E-state index contributed by atoms with van der Waals surface area (Å²) in [4.78, 5) is 0. The minimum absolute atomic E-state index is 0.234. The Labute approximate surface area is 191 Å². The van der Waals surface area contributed by atoms with Crippen LogP contribution in [0.25, 0.3) is 0 Å². The minimum Gasteiger partial charge on any atom is -0.396 e. The van der Waals surface area contributed by atoms with Gasteiger partial charge in [0.1, 0.15) is 0 Å². The molecule has 0 aliphatic heterocycles. The van der Waals surface area contributed by atoms with E-state index in [0.717, 1.165) is 32.6 Å². The van der Waals surface area contributed by atoms with Crippen LogP contribution in [-0.2, 0) is 11.2 Å². The highest BCUT2D eigenvalue weighted by Crippen LogP contribution is 2.25. The van der Waals surface area contributed by atoms with E-state index in [0.29, 0.717) is 22.3 Å². The van der Waals surface area contributed by atoms with Crippen LogP contribution in [0.5, 0.6) is 0 Å². The number of aryl methyl sites for hydroxylation is 1. The second-order valence-corrected chi connectivity index (χ2v) is 7.89. The van der Waals surface area contributed by atoms with E-state index in [1.165, 1.54) is 37.7 Å². The fourth-order valence-electron chi connectivity index (χ4n) is 2.80. The average molecular weight is 455 g/mol. The third-order valence-corrected chi connectivity index (χ3v) is 5.19. The molecular weight excluding hydrogens is 419 g/mol. The van der Waals surface area contributed by atoms with Crippen molar-refractivity contribution in [3.63, 3.8) is 0 Å². The molecule has 0 fully saturated rings. The van der Waals surface area contributed by atoms with Crippen molar-refractivity contribution in [3.8, 4) is 0 Å². The van der Waals surface area contributed by atoms with E-state index >= 15 is 0 Å². The van der Waals surface area contributed by atoms with Gasteiger partial charge in [-0.2, -0.15) is 0 Å². The molecule has 0 aromatic heterocycles. The summed E-state index contributed by atoms with van der Waals surface area (Å²) < 4.78 is 5.67. The molecule has 0 bridgehead atoms. The Bertz CT molecular complexity index is 637. The average Bonchev–Trinajstić information content (AvgIpc) is 2.76. The van der Waals surface area contributed by atoms with Crippen LogP contribution in [0.1, 0.15) is 44.1 Å². The zero-order valence-electron chi connectivity index (χ0n) is 17.8. The minimum atomic E-state index is 0.234. The number of nitrogens with one attached hydrogen (secondary N) is 1. The van der Waals surface area contributed by atoms with Crippen molar-refractivity contribution in [3.05, 3.63) is 64.1 Å². The molecule has 2 rings (SSSR count). The molecule has 0 atom stereocenters. The number of aliphatic hydroxyl groups excluding tert-OH is 1. The normalized spacial score (nSPS) is 10.5. The summed E-state index contributed by atoms with van der Waals surface area (Å²) in [5, 5.41) is 12.8. The van der Waals surface area contributed by atoms with Crippen molar-refractivity contribution < 1.29 is 9.84 Å². The van der Waals surface area contributed by atoms with Crippen LogP contribution in [0.2, 0.25) is 10.0 Å². The zero-order valence-corrected chi connectivity index (χ0v) is 19.3. The zero-order chi connectivity index (χ0) is 21.9. The number of ether oxygens (including phenoxy) is 1. The second-order valence-electron chi connectivity index (χ2n) is 7.08. The van der Waals surface area contributed by atoms with Gasteiger partial charge in [0.15, 0.2) is 0 Å². The molecule has 0 amide bonds. The Morgan fingerprint density at radius 2 is 1.40 bits per heavy atom. The number of anilines is 1. The smallest absolute Gasteiger partial charge is 0.0692 e. The SMILES string of the molecule is Nc1c(Cl)cccc1Cl.OCCNCCCCCCOCCCCc1ccccc1. The Kier molecular flexibility index (Phi) is 16.5. The van der Waals surface area contributed by atoms with Crippen LogP contribution in [0, 0.1) is 0 Å². The Morgan fingerprint density at radius 1 is 0.767 bits per heavy atom. The van der Waals surface area contributed by atoms with Gasteiger partial charge in [0.2, 0.25) is 0 Å². The monoisotopic (exact) mass is 454 g/mol. The van der Waals surface area contributed by atoms with E-state index < -0.39 is 0 Å². The van der Waals surface area contributed by atoms with Gasteiger partial charge in [-0.15, -0.1) is 0 Å². The molecule has 0 radical (unpaired) electrons. The number of benzene rings is 2. The summed E-state index contributed by atoms with van der Waals surface area (Å²) in [5.41, 5.74) is 7.29. The van der Waals surface area contributed by atoms with Gasteiger partial charge in [-0.1, -0.05) is 72.4 Å². The molecule has 0 aliphatic carbocycles. The standard InChI is InChI=1S/C18H31NO2.C6H5Cl2N/c20-15-14-19-13-7-1-2-8-16-21-17-9-6-12-18-10-4-3-5-11-18;7-4-2-1-3-5(8)6(4)9/h3-5,10-11,19-20H,1-2,6-9,12-17H2;1-3H,9H2. The van der Waals surface area contributed by atoms with Gasteiger partial charge in [0.05, 0.1) is 22.3 Å². The number of hydrogen-bond acceptors (Lipinski definition) is 4. The van der Waals surface area contributed by atoms with Crippen molar-refractivity contribution in [1.82, 2.24) is 5.32 Å². The molecule has 6 heteroatoms. The molecule has 0 heterocycles. The maximum atomic E-state index is 8.61. The topological polar surface area (TPSA) is 67.5 Å². The van der Waals surface area contributed by atoms with E-state index in [4.69, 9.17) is 38.8 Å². The number of para-hydroxylation sites is 1. The summed E-state index contributed by atoms with van der Waals surface area (Å²) in [6, 6.07) is 15.8. The first-order valence-electron chi connectivity index (χ1n) is 10.8. The second kappa shape index (κ2) is 18.5. The van der Waals surface area contributed by atoms with Crippen LogP contribution in [-0.4, -0.2) is 38.0 Å². The molecule has 4 N–H and O–H groups in total. The van der Waals surface area contributed by atoms with Crippen LogP contribution < -0.4 is 11.1 Å². The highest BCUT2D eigenvalue weighted by atomic mass is 35.5. The largest absolute Gasteiger partial charge is 0.396 e. The van der Waals surface area contributed by atoms with E-state index in [9.17, 15) is 0 Å². The summed E-state index contributed by atoms with van der Waals surface area (Å²) in [5.74, 6) is 0. The first kappa shape index (κ1) is 26.7. The van der Waals surface area contributed by atoms with E-state index in [2.05, 4.69) is 35.6 Å². The van der Waals surface area contributed by atoms with Crippen LogP contribution >= 0.6 is 23.2 Å². The lowest BCUT2D eigenvalue weighted by Crippen LogP contribution is -2.19. The van der Waals surface area contributed by atoms with Crippen LogP contribution in [0.15, 0.2) is 48.5 Å². The summed E-state index contributed by atoms with van der Waals surface area (Å²) in [6.45, 7) is 3.76. The van der Waals surface area contributed by atoms with Gasteiger partial charge in [-0.25, -0.2) is 0 Å². The number of nitrogen functional groups attached to an aromatic ring is 1. The van der Waals surface area contributed by atoms with Gasteiger partial charge >= 0.3 is 0 Å². The van der Waals surface area contributed by atoms with Crippen LogP contribution in [0.3, 0.4) is 0 Å². The Hall–Kier alpha value is -1.30. The summed E-state index contributed by atoms with van der Waals surface area (Å²) >= 11 is 11.2. The molecule has 0 saturated carbocycles. The Morgan fingerprint density at radius 3 is 2.03 bits per heavy atom. The third kappa shape index (κ3) is 13.8. The van der Waals surface area contributed by atoms with Crippen molar-refractivity contribution >= 4 is 28.9 Å². The quantitative estimate of drug-likeness (QED) is 0.251. The number of nitrogens with two attached hydrogens (primary N) is 1. The van der Waals surface area contributed by atoms with Gasteiger partial charge in [-0.05, 0) is 56.3 Å². The van der Waals surface area contributed by atoms with Crippen molar-refractivity contribution in [2.75, 3.05) is 38.6 Å². The summed E-state index contributed by atoms with van der Waals surface area (Å²) in [6.07, 6.45) is 8.36. The predicted molar refractivity (Wildman–Crippen MR) is 129 cm³/mol. The number of unbranched alkanes of at least 4 members (excludes halogenated alkanes) is 4. The molecule has 0 aliphatic rings. The lowest BCUT2D eigenvalue weighted by Gasteiger charge is -2.05. The van der Waals surface area contributed by atoms with Gasteiger partial charge in [0.25, 0.3) is 0 Å². The fraction of sp³-hybridized carbons (Fsp3) is 0.500. The lowest BCUT2D eigenvalue weighted by molar-refractivity contribution is 0.126. The fourth-order valence-corrected chi connectivity index (χ4v) is 3.20. The number of halogens is 2. The van der Waals surface area contributed by atoms with Crippen molar-refractivity contribution in [1.29, 1.82) is 0 Å². The predicted octanol–water partition coefficient (Wildman–Crippen LogP) is 5.74. The van der Waals surface area contributed by atoms with Crippen LogP contribution in [0.4, 0.5) is 5.69 Å². The molecule has 4 nitrogen and oxygen atoms in total. The first-order valence-corrected chi connectivity index (χ1v) is 11.5. The van der Waals surface area contributed by atoms with Crippen molar-refractivity contribution in [2.24, 2.45) is 0 Å². The maximum Gasteiger partial charge on any atom is 0.0692 e. The molecule has 0 saturated heterocycles. The number of rotatable bonds is 14. The van der Waals surface area contributed by atoms with Gasteiger partial charge < -0.3 is 20.9 Å².